The molecule has 1 saturated heterocycles. The largest absolute Gasteiger partial charge is 0.379 e. The SMILES string of the molecule is O=C(N[C@@H]1COCC[C@@H]1OCC1CCC1)c1c[nH]c(=O)c(Cl)c1. The van der Waals surface area contributed by atoms with Crippen molar-refractivity contribution in [2.75, 3.05) is 19.8 Å². The number of aromatic amines is 1. The number of hydrogen-bond acceptors (Lipinski definition) is 4. The molecular formula is C16H21ClN2O4. The van der Waals surface area contributed by atoms with Gasteiger partial charge >= 0.3 is 0 Å². The van der Waals surface area contributed by atoms with Gasteiger partial charge in [0.05, 0.1) is 24.3 Å². The Balaban J connectivity index is 1.59. The third kappa shape index (κ3) is 4.13. The summed E-state index contributed by atoms with van der Waals surface area (Å²) in [6.45, 7) is 1.83. The van der Waals surface area contributed by atoms with Gasteiger partial charge in [0.2, 0.25) is 0 Å². The highest BCUT2D eigenvalue weighted by atomic mass is 35.5. The molecule has 0 aromatic carbocycles. The number of pyridine rings is 1. The van der Waals surface area contributed by atoms with Crippen molar-refractivity contribution in [3.8, 4) is 0 Å². The molecule has 1 aromatic rings. The van der Waals surface area contributed by atoms with E-state index in [1.54, 1.807) is 0 Å². The lowest BCUT2D eigenvalue weighted by molar-refractivity contribution is -0.0696. The number of aromatic nitrogens is 1. The Labute approximate surface area is 139 Å². The van der Waals surface area contributed by atoms with Gasteiger partial charge in [-0.15, -0.1) is 0 Å². The number of nitrogens with one attached hydrogen (secondary N) is 2. The van der Waals surface area contributed by atoms with Crippen molar-refractivity contribution in [2.45, 2.75) is 37.8 Å². The molecule has 1 aliphatic heterocycles. The van der Waals surface area contributed by atoms with E-state index in [9.17, 15) is 9.59 Å². The van der Waals surface area contributed by atoms with E-state index in [4.69, 9.17) is 21.1 Å². The first-order valence-corrected chi connectivity index (χ1v) is 8.39. The molecule has 0 spiro atoms. The molecule has 23 heavy (non-hydrogen) atoms. The highest BCUT2D eigenvalue weighted by Crippen LogP contribution is 2.27. The Bertz CT molecular complexity index is 614. The van der Waals surface area contributed by atoms with Crippen molar-refractivity contribution in [3.05, 3.63) is 33.2 Å². The van der Waals surface area contributed by atoms with Crippen LogP contribution < -0.4 is 10.9 Å². The second-order valence-electron chi connectivity index (χ2n) is 6.18. The minimum Gasteiger partial charge on any atom is -0.379 e. The Kier molecular flexibility index (Phi) is 5.35. The number of carbonyl (C=O) groups is 1. The maximum Gasteiger partial charge on any atom is 0.266 e. The van der Waals surface area contributed by atoms with Crippen molar-refractivity contribution in [1.82, 2.24) is 10.3 Å². The number of carbonyl (C=O) groups excluding carboxylic acids is 1. The Morgan fingerprint density at radius 1 is 1.43 bits per heavy atom. The number of ether oxygens (including phenoxy) is 2. The normalized spacial score (nSPS) is 24.9. The van der Waals surface area contributed by atoms with Crippen molar-refractivity contribution < 1.29 is 14.3 Å². The molecule has 1 aliphatic carbocycles. The molecule has 7 heteroatoms. The summed E-state index contributed by atoms with van der Waals surface area (Å²) in [7, 11) is 0. The van der Waals surface area contributed by atoms with E-state index in [2.05, 4.69) is 10.3 Å². The van der Waals surface area contributed by atoms with E-state index in [1.807, 2.05) is 0 Å². The zero-order valence-corrected chi connectivity index (χ0v) is 13.6. The van der Waals surface area contributed by atoms with Gasteiger partial charge in [0.1, 0.15) is 5.02 Å². The summed E-state index contributed by atoms with van der Waals surface area (Å²) < 4.78 is 11.5. The van der Waals surface area contributed by atoms with Crippen molar-refractivity contribution in [2.24, 2.45) is 5.92 Å². The van der Waals surface area contributed by atoms with Crippen molar-refractivity contribution in [1.29, 1.82) is 0 Å². The fraction of sp³-hybridized carbons (Fsp3) is 0.625. The van der Waals surface area contributed by atoms with Crippen LogP contribution in [0.15, 0.2) is 17.1 Å². The highest BCUT2D eigenvalue weighted by Gasteiger charge is 2.30. The first kappa shape index (κ1) is 16.5. The Morgan fingerprint density at radius 3 is 2.96 bits per heavy atom. The molecule has 2 heterocycles. The van der Waals surface area contributed by atoms with E-state index >= 15 is 0 Å². The fourth-order valence-corrected chi connectivity index (χ4v) is 2.98. The van der Waals surface area contributed by atoms with E-state index in [1.165, 1.54) is 31.5 Å². The van der Waals surface area contributed by atoms with Gasteiger partial charge in [0.25, 0.3) is 11.5 Å². The summed E-state index contributed by atoms with van der Waals surface area (Å²) >= 11 is 5.76. The molecule has 1 aromatic heterocycles. The summed E-state index contributed by atoms with van der Waals surface area (Å²) in [5.74, 6) is 0.364. The van der Waals surface area contributed by atoms with Crippen LogP contribution in [-0.2, 0) is 9.47 Å². The third-order valence-electron chi connectivity index (χ3n) is 4.50. The monoisotopic (exact) mass is 340 g/mol. The van der Waals surface area contributed by atoms with Crippen LogP contribution >= 0.6 is 11.6 Å². The second-order valence-corrected chi connectivity index (χ2v) is 6.58. The van der Waals surface area contributed by atoms with Crippen LogP contribution in [0, 0.1) is 5.92 Å². The lowest BCUT2D eigenvalue weighted by Gasteiger charge is -2.34. The molecule has 2 N–H and O–H groups in total. The van der Waals surface area contributed by atoms with Crippen LogP contribution in [0.25, 0.3) is 0 Å². The molecule has 126 valence electrons. The van der Waals surface area contributed by atoms with Crippen LogP contribution in [0.4, 0.5) is 0 Å². The summed E-state index contributed by atoms with van der Waals surface area (Å²) in [6.07, 6.45) is 5.84. The number of amides is 1. The van der Waals surface area contributed by atoms with Crippen molar-refractivity contribution in [3.63, 3.8) is 0 Å². The van der Waals surface area contributed by atoms with Crippen LogP contribution in [0.3, 0.4) is 0 Å². The molecule has 2 fully saturated rings. The second kappa shape index (κ2) is 7.47. The van der Waals surface area contributed by atoms with Gasteiger partial charge in [-0.05, 0) is 31.2 Å². The summed E-state index contributed by atoms with van der Waals surface area (Å²) in [5.41, 5.74) is -0.0937. The molecular weight excluding hydrogens is 320 g/mol. The number of halogens is 1. The van der Waals surface area contributed by atoms with E-state index in [0.29, 0.717) is 24.7 Å². The molecule has 6 nitrogen and oxygen atoms in total. The first-order chi connectivity index (χ1) is 11.1. The van der Waals surface area contributed by atoms with Gasteiger partial charge in [0, 0.05) is 19.4 Å². The van der Waals surface area contributed by atoms with Gasteiger partial charge < -0.3 is 19.8 Å². The first-order valence-electron chi connectivity index (χ1n) is 8.02. The van der Waals surface area contributed by atoms with Gasteiger partial charge in [-0.3, -0.25) is 9.59 Å². The zero-order chi connectivity index (χ0) is 16.2. The number of H-pyrrole nitrogens is 1. The zero-order valence-electron chi connectivity index (χ0n) is 12.8. The molecule has 0 bridgehead atoms. The molecule has 0 unspecified atom stereocenters. The fourth-order valence-electron chi connectivity index (χ4n) is 2.81. The quantitative estimate of drug-likeness (QED) is 0.855. The Morgan fingerprint density at radius 2 is 2.26 bits per heavy atom. The maximum absolute atomic E-state index is 12.3. The van der Waals surface area contributed by atoms with Gasteiger partial charge in [0.15, 0.2) is 0 Å². The Hall–Kier alpha value is -1.37. The van der Waals surface area contributed by atoms with Crippen LogP contribution in [0.1, 0.15) is 36.0 Å². The van der Waals surface area contributed by atoms with Crippen LogP contribution in [0.2, 0.25) is 5.02 Å². The van der Waals surface area contributed by atoms with E-state index in [-0.39, 0.29) is 23.1 Å². The molecule has 1 amide bonds. The smallest absolute Gasteiger partial charge is 0.266 e. The third-order valence-corrected chi connectivity index (χ3v) is 4.78. The molecule has 3 rings (SSSR count). The summed E-state index contributed by atoms with van der Waals surface area (Å²) in [6, 6.07) is 1.17. The minimum absolute atomic E-state index is 0.00433. The average Bonchev–Trinajstić information content (AvgIpc) is 2.50. The summed E-state index contributed by atoms with van der Waals surface area (Å²) in [5, 5.41) is 2.92. The number of rotatable bonds is 5. The topological polar surface area (TPSA) is 80.4 Å². The predicted octanol–water partition coefficient (Wildman–Crippen LogP) is 1.73. The van der Waals surface area contributed by atoms with Gasteiger partial charge in [-0.1, -0.05) is 18.0 Å². The average molecular weight is 341 g/mol. The maximum atomic E-state index is 12.3. The molecule has 1 saturated carbocycles. The minimum atomic E-state index is -0.411. The van der Waals surface area contributed by atoms with Crippen LogP contribution in [-0.4, -0.2) is 42.9 Å². The molecule has 0 radical (unpaired) electrons. The molecule has 2 atom stereocenters. The van der Waals surface area contributed by atoms with Gasteiger partial charge in [-0.25, -0.2) is 0 Å². The number of hydrogen-bond donors (Lipinski definition) is 2. The van der Waals surface area contributed by atoms with Gasteiger partial charge in [-0.2, -0.15) is 0 Å². The summed E-state index contributed by atoms with van der Waals surface area (Å²) in [4.78, 5) is 26.0. The lowest BCUT2D eigenvalue weighted by Crippen LogP contribution is -2.51. The standard InChI is InChI=1S/C16H21ClN2O4/c17-12-6-11(7-18-16(12)21)15(20)19-13-9-22-5-4-14(13)23-8-10-2-1-3-10/h6-7,10,13-14H,1-5,8-9H2,(H,18,21)(H,19,20)/t13-,14+/m1/s1. The van der Waals surface area contributed by atoms with E-state index in [0.717, 1.165) is 13.0 Å². The predicted molar refractivity (Wildman–Crippen MR) is 85.8 cm³/mol. The van der Waals surface area contributed by atoms with E-state index < -0.39 is 5.56 Å². The van der Waals surface area contributed by atoms with Crippen molar-refractivity contribution >= 4 is 17.5 Å². The lowest BCUT2D eigenvalue weighted by atomic mass is 9.86. The molecule has 2 aliphatic rings. The van der Waals surface area contributed by atoms with Crippen LogP contribution in [0.5, 0.6) is 0 Å². The highest BCUT2D eigenvalue weighted by molar-refractivity contribution is 6.30.